The third-order valence-corrected chi connectivity index (χ3v) is 3.15. The van der Waals surface area contributed by atoms with Gasteiger partial charge < -0.3 is 19.4 Å². The Morgan fingerprint density at radius 3 is 3.11 bits per heavy atom. The maximum Gasteiger partial charge on any atom is 0.184 e. The molecule has 5 heteroatoms. The minimum atomic E-state index is 0.593. The first-order valence-electron chi connectivity index (χ1n) is 6.51. The highest BCUT2D eigenvalue weighted by Crippen LogP contribution is 2.37. The van der Waals surface area contributed by atoms with E-state index in [1.54, 1.807) is 0 Å². The Kier molecular flexibility index (Phi) is 3.27. The number of ether oxygens (including phenoxy) is 2. The van der Waals surface area contributed by atoms with E-state index >= 15 is 0 Å². The molecule has 1 N–H and O–H groups in total. The van der Waals surface area contributed by atoms with Gasteiger partial charge in [0.1, 0.15) is 19.0 Å². The van der Waals surface area contributed by atoms with Crippen molar-refractivity contribution >= 4 is 5.69 Å². The molecular formula is C14H17N3O2. The van der Waals surface area contributed by atoms with Crippen molar-refractivity contribution in [1.82, 2.24) is 9.55 Å². The summed E-state index contributed by atoms with van der Waals surface area (Å²) in [5, 5.41) is 3.36. The van der Waals surface area contributed by atoms with Crippen molar-refractivity contribution in [3.05, 3.63) is 36.4 Å². The SMILES string of the molecule is CCn1ccnc1CNc1cccc2c1OCCO2. The molecule has 0 unspecified atom stereocenters. The van der Waals surface area contributed by atoms with Crippen LogP contribution in [0.15, 0.2) is 30.6 Å². The van der Waals surface area contributed by atoms with Crippen LogP contribution in [-0.2, 0) is 13.1 Å². The van der Waals surface area contributed by atoms with Crippen molar-refractivity contribution in [3.63, 3.8) is 0 Å². The quantitative estimate of drug-likeness (QED) is 0.915. The number of hydrogen-bond donors (Lipinski definition) is 1. The van der Waals surface area contributed by atoms with Gasteiger partial charge in [-0.25, -0.2) is 4.98 Å². The van der Waals surface area contributed by atoms with Crippen LogP contribution in [0, 0.1) is 0 Å². The van der Waals surface area contributed by atoms with Crippen molar-refractivity contribution < 1.29 is 9.47 Å². The second-order valence-electron chi connectivity index (χ2n) is 4.31. The Bertz CT molecular complexity index is 566. The van der Waals surface area contributed by atoms with Gasteiger partial charge in [0.15, 0.2) is 11.5 Å². The number of hydrogen-bond acceptors (Lipinski definition) is 4. The molecule has 0 aliphatic carbocycles. The summed E-state index contributed by atoms with van der Waals surface area (Å²) in [4.78, 5) is 4.34. The highest BCUT2D eigenvalue weighted by molar-refractivity contribution is 5.63. The maximum atomic E-state index is 5.67. The number of rotatable bonds is 4. The number of benzene rings is 1. The van der Waals surface area contributed by atoms with E-state index in [9.17, 15) is 0 Å². The van der Waals surface area contributed by atoms with Gasteiger partial charge in [0.05, 0.1) is 12.2 Å². The van der Waals surface area contributed by atoms with Gasteiger partial charge in [-0.2, -0.15) is 0 Å². The minimum absolute atomic E-state index is 0.593. The summed E-state index contributed by atoms with van der Waals surface area (Å²) in [5.74, 6) is 2.61. The van der Waals surface area contributed by atoms with Crippen molar-refractivity contribution in [1.29, 1.82) is 0 Å². The fraction of sp³-hybridized carbons (Fsp3) is 0.357. The van der Waals surface area contributed by atoms with Crippen molar-refractivity contribution in [2.75, 3.05) is 18.5 Å². The first kappa shape index (κ1) is 11.9. The second kappa shape index (κ2) is 5.22. The van der Waals surface area contributed by atoms with Crippen molar-refractivity contribution in [2.24, 2.45) is 0 Å². The third kappa shape index (κ3) is 2.36. The highest BCUT2D eigenvalue weighted by Gasteiger charge is 2.15. The maximum absolute atomic E-state index is 5.67. The van der Waals surface area contributed by atoms with E-state index < -0.39 is 0 Å². The molecule has 5 nitrogen and oxygen atoms in total. The zero-order valence-electron chi connectivity index (χ0n) is 10.9. The number of nitrogens with zero attached hydrogens (tertiary/aromatic N) is 2. The van der Waals surface area contributed by atoms with Gasteiger partial charge in [0.2, 0.25) is 0 Å². The summed E-state index contributed by atoms with van der Waals surface area (Å²) in [6.07, 6.45) is 3.80. The van der Waals surface area contributed by atoms with Crippen LogP contribution in [0.25, 0.3) is 0 Å². The molecule has 100 valence electrons. The molecule has 1 aliphatic rings. The van der Waals surface area contributed by atoms with Gasteiger partial charge in [-0.15, -0.1) is 0 Å². The third-order valence-electron chi connectivity index (χ3n) is 3.15. The van der Waals surface area contributed by atoms with Gasteiger partial charge >= 0.3 is 0 Å². The van der Waals surface area contributed by atoms with Crippen LogP contribution in [-0.4, -0.2) is 22.8 Å². The molecule has 0 saturated carbocycles. The minimum Gasteiger partial charge on any atom is -0.486 e. The summed E-state index contributed by atoms with van der Waals surface area (Å²) in [7, 11) is 0. The van der Waals surface area contributed by atoms with Gasteiger partial charge in [-0.05, 0) is 19.1 Å². The Labute approximate surface area is 112 Å². The fourth-order valence-electron chi connectivity index (χ4n) is 2.18. The molecule has 2 heterocycles. The number of aryl methyl sites for hydroxylation is 1. The number of nitrogens with one attached hydrogen (secondary N) is 1. The molecule has 0 amide bonds. The average molecular weight is 259 g/mol. The summed E-state index contributed by atoms with van der Waals surface area (Å²) in [5.41, 5.74) is 0.947. The number of para-hydroxylation sites is 1. The van der Waals surface area contributed by atoms with Crippen molar-refractivity contribution in [3.8, 4) is 11.5 Å². The first-order valence-corrected chi connectivity index (χ1v) is 6.51. The van der Waals surface area contributed by atoms with E-state index in [4.69, 9.17) is 9.47 Å². The first-order chi connectivity index (χ1) is 9.38. The van der Waals surface area contributed by atoms with E-state index in [0.29, 0.717) is 19.8 Å². The Balaban J connectivity index is 1.77. The predicted molar refractivity (Wildman–Crippen MR) is 72.7 cm³/mol. The number of anilines is 1. The van der Waals surface area contributed by atoms with Gasteiger partial charge in [0.25, 0.3) is 0 Å². The second-order valence-corrected chi connectivity index (χ2v) is 4.31. The van der Waals surface area contributed by atoms with Crippen LogP contribution < -0.4 is 14.8 Å². The van der Waals surface area contributed by atoms with Gasteiger partial charge in [0, 0.05) is 18.9 Å². The summed E-state index contributed by atoms with van der Waals surface area (Å²) in [6, 6.07) is 5.88. The summed E-state index contributed by atoms with van der Waals surface area (Å²) in [6.45, 7) is 4.89. The van der Waals surface area contributed by atoms with E-state index in [-0.39, 0.29) is 0 Å². The molecule has 19 heavy (non-hydrogen) atoms. The van der Waals surface area contributed by atoms with Crippen LogP contribution in [0.4, 0.5) is 5.69 Å². The topological polar surface area (TPSA) is 48.3 Å². The van der Waals surface area contributed by atoms with E-state index in [0.717, 1.165) is 29.6 Å². The van der Waals surface area contributed by atoms with Gasteiger partial charge in [-0.3, -0.25) is 0 Å². The molecule has 0 spiro atoms. The van der Waals surface area contributed by atoms with Gasteiger partial charge in [-0.1, -0.05) is 6.07 Å². The zero-order valence-corrected chi connectivity index (χ0v) is 10.9. The molecule has 0 atom stereocenters. The molecular weight excluding hydrogens is 242 g/mol. The average Bonchev–Trinajstić information content (AvgIpc) is 2.92. The molecule has 0 bridgehead atoms. The Hall–Kier alpha value is -2.17. The lowest BCUT2D eigenvalue weighted by Gasteiger charge is -2.21. The molecule has 2 aromatic rings. The number of fused-ring (bicyclic) bond motifs is 1. The molecule has 1 aromatic carbocycles. The van der Waals surface area contributed by atoms with Crippen LogP contribution in [0.1, 0.15) is 12.7 Å². The monoisotopic (exact) mass is 259 g/mol. The normalized spacial score (nSPS) is 13.3. The Morgan fingerprint density at radius 2 is 2.21 bits per heavy atom. The summed E-state index contributed by atoms with van der Waals surface area (Å²) >= 11 is 0. The highest BCUT2D eigenvalue weighted by atomic mass is 16.6. The van der Waals surface area contributed by atoms with Crippen LogP contribution in [0.2, 0.25) is 0 Å². The van der Waals surface area contributed by atoms with E-state index in [2.05, 4.69) is 21.8 Å². The lowest BCUT2D eigenvalue weighted by atomic mass is 10.2. The Morgan fingerprint density at radius 1 is 1.32 bits per heavy atom. The standard InChI is InChI=1S/C14H17N3O2/c1-2-17-7-6-15-13(17)10-16-11-4-3-5-12-14(11)19-9-8-18-12/h3-7,16H,2,8-10H2,1H3. The largest absolute Gasteiger partial charge is 0.486 e. The smallest absolute Gasteiger partial charge is 0.184 e. The van der Waals surface area contributed by atoms with Crippen LogP contribution in [0.5, 0.6) is 11.5 Å². The molecule has 1 aliphatic heterocycles. The predicted octanol–water partition coefficient (Wildman–Crippen LogP) is 2.29. The zero-order chi connectivity index (χ0) is 13.1. The molecule has 1 aromatic heterocycles. The van der Waals surface area contributed by atoms with Crippen LogP contribution >= 0.6 is 0 Å². The lowest BCUT2D eigenvalue weighted by Crippen LogP contribution is -2.17. The fourth-order valence-corrected chi connectivity index (χ4v) is 2.18. The number of aromatic nitrogens is 2. The summed E-state index contributed by atoms with van der Waals surface area (Å²) < 4.78 is 13.3. The lowest BCUT2D eigenvalue weighted by molar-refractivity contribution is 0.172. The number of imidazole rings is 1. The van der Waals surface area contributed by atoms with Crippen molar-refractivity contribution in [2.45, 2.75) is 20.0 Å². The van der Waals surface area contributed by atoms with E-state index in [1.807, 2.05) is 30.6 Å². The molecule has 0 radical (unpaired) electrons. The van der Waals surface area contributed by atoms with Crippen LogP contribution in [0.3, 0.4) is 0 Å². The molecule has 3 rings (SSSR count). The van der Waals surface area contributed by atoms with E-state index in [1.165, 1.54) is 0 Å². The molecule has 0 fully saturated rings. The molecule has 0 saturated heterocycles.